The second-order valence-electron chi connectivity index (χ2n) is 4.87. The molecule has 0 fully saturated rings. The third kappa shape index (κ3) is 7.40. The van der Waals surface area contributed by atoms with Gasteiger partial charge in [-0.15, -0.1) is 0 Å². The number of halogens is 2. The number of hydrogen-bond donors (Lipinski definition) is 1. The number of aromatic nitrogens is 1. The van der Waals surface area contributed by atoms with Crippen molar-refractivity contribution in [1.82, 2.24) is 9.88 Å². The summed E-state index contributed by atoms with van der Waals surface area (Å²) in [6, 6.07) is 2.84. The molecule has 5 nitrogen and oxygen atoms in total. The highest BCUT2D eigenvalue weighted by atomic mass is 35.5. The van der Waals surface area contributed by atoms with Gasteiger partial charge in [-0.3, -0.25) is 24.6 Å². The summed E-state index contributed by atoms with van der Waals surface area (Å²) in [7, 11) is 0. The largest absolute Gasteiger partial charge is 0.328 e. The molecule has 1 amide bonds. The molecule has 1 rings (SSSR count). The Morgan fingerprint density at radius 1 is 1.58 bits per heavy atom. The standard InChI is InChI=1S/C16H22ClFN4OS/c1-2-22(15(23)6-10-24-9-4-7-18)14(16(17)19)12-21-13-5-3-8-20-11-13/h3,5,8,11-12,14,19H,2,4,6-7,9-10H2,1H3. The number of carbonyl (C=O) groups excluding carboxylic acids is 1. The van der Waals surface area contributed by atoms with Crippen LogP contribution in [0.3, 0.4) is 0 Å². The van der Waals surface area contributed by atoms with Crippen LogP contribution in [-0.4, -0.2) is 57.9 Å². The van der Waals surface area contributed by atoms with Crippen LogP contribution in [0, 0.1) is 5.41 Å². The Hall–Kier alpha value is -1.47. The Kier molecular flexibility index (Phi) is 10.3. The van der Waals surface area contributed by atoms with Crippen molar-refractivity contribution in [2.45, 2.75) is 25.8 Å². The first kappa shape index (κ1) is 20.6. The van der Waals surface area contributed by atoms with Gasteiger partial charge in [-0.2, -0.15) is 11.8 Å². The lowest BCUT2D eigenvalue weighted by Gasteiger charge is -2.26. The molecule has 1 aromatic heterocycles. The summed E-state index contributed by atoms with van der Waals surface area (Å²) < 4.78 is 12.0. The molecule has 1 heterocycles. The van der Waals surface area contributed by atoms with Crippen molar-refractivity contribution < 1.29 is 9.18 Å². The summed E-state index contributed by atoms with van der Waals surface area (Å²) in [6.07, 6.45) is 5.55. The van der Waals surface area contributed by atoms with Gasteiger partial charge in [0.05, 0.1) is 18.6 Å². The molecule has 1 aromatic rings. The number of carbonyl (C=O) groups is 1. The van der Waals surface area contributed by atoms with Crippen LogP contribution in [0.1, 0.15) is 19.8 Å². The number of pyridine rings is 1. The molecule has 0 aliphatic carbocycles. The van der Waals surface area contributed by atoms with Crippen molar-refractivity contribution in [2.24, 2.45) is 4.99 Å². The van der Waals surface area contributed by atoms with Gasteiger partial charge >= 0.3 is 0 Å². The van der Waals surface area contributed by atoms with E-state index in [9.17, 15) is 9.18 Å². The number of rotatable bonds is 11. The Morgan fingerprint density at radius 2 is 2.38 bits per heavy atom. The fraction of sp³-hybridized carbons (Fsp3) is 0.500. The summed E-state index contributed by atoms with van der Waals surface area (Å²) in [5, 5.41) is 7.57. The number of thioether (sulfide) groups is 1. The zero-order valence-corrected chi connectivity index (χ0v) is 15.2. The summed E-state index contributed by atoms with van der Waals surface area (Å²) in [5.41, 5.74) is 0.630. The molecule has 1 unspecified atom stereocenters. The minimum atomic E-state index is -0.694. The second-order valence-corrected chi connectivity index (χ2v) is 6.50. The molecule has 0 saturated carbocycles. The van der Waals surface area contributed by atoms with E-state index in [-0.39, 0.29) is 17.8 Å². The van der Waals surface area contributed by atoms with Crippen molar-refractivity contribution >= 4 is 46.3 Å². The Labute approximate surface area is 151 Å². The second kappa shape index (κ2) is 12.0. The van der Waals surface area contributed by atoms with E-state index >= 15 is 0 Å². The lowest BCUT2D eigenvalue weighted by atomic mass is 10.2. The van der Waals surface area contributed by atoms with Crippen molar-refractivity contribution in [2.75, 3.05) is 24.7 Å². The molecule has 132 valence electrons. The topological polar surface area (TPSA) is 69.4 Å². The molecule has 0 radical (unpaired) electrons. The number of nitrogens with zero attached hydrogens (tertiary/aromatic N) is 3. The van der Waals surface area contributed by atoms with E-state index in [0.717, 1.165) is 0 Å². The fourth-order valence-electron chi connectivity index (χ4n) is 1.96. The van der Waals surface area contributed by atoms with Crippen LogP contribution in [0.15, 0.2) is 29.5 Å². The van der Waals surface area contributed by atoms with Crippen molar-refractivity contribution in [3.05, 3.63) is 24.5 Å². The van der Waals surface area contributed by atoms with Gasteiger partial charge in [0.1, 0.15) is 11.2 Å². The van der Waals surface area contributed by atoms with Crippen LogP contribution in [0.4, 0.5) is 10.1 Å². The molecule has 0 spiro atoms. The first-order valence-corrected chi connectivity index (χ1v) is 9.24. The zero-order chi connectivity index (χ0) is 17.8. The minimum Gasteiger partial charge on any atom is -0.328 e. The number of hydrogen-bond acceptors (Lipinski definition) is 5. The number of amides is 1. The molecular formula is C16H22ClFN4OS. The van der Waals surface area contributed by atoms with E-state index in [1.54, 1.807) is 36.3 Å². The van der Waals surface area contributed by atoms with Crippen LogP contribution in [-0.2, 0) is 4.79 Å². The van der Waals surface area contributed by atoms with Crippen molar-refractivity contribution in [3.8, 4) is 0 Å². The van der Waals surface area contributed by atoms with Gasteiger partial charge < -0.3 is 4.90 Å². The normalized spacial score (nSPS) is 12.3. The SMILES string of the molecule is CCN(C(=O)CCSCCCF)C(C=Nc1cccnc1)C(=N)Cl. The average molecular weight is 373 g/mol. The predicted octanol–water partition coefficient (Wildman–Crippen LogP) is 3.70. The van der Waals surface area contributed by atoms with Crippen molar-refractivity contribution in [1.29, 1.82) is 5.41 Å². The van der Waals surface area contributed by atoms with Gasteiger partial charge in [0.2, 0.25) is 5.91 Å². The third-order valence-electron chi connectivity index (χ3n) is 3.15. The monoisotopic (exact) mass is 372 g/mol. The molecule has 0 aliphatic heterocycles. The molecular weight excluding hydrogens is 351 g/mol. The summed E-state index contributed by atoms with van der Waals surface area (Å²) >= 11 is 7.41. The smallest absolute Gasteiger partial charge is 0.224 e. The maximum atomic E-state index is 12.4. The van der Waals surface area contributed by atoms with E-state index < -0.39 is 6.04 Å². The van der Waals surface area contributed by atoms with Gasteiger partial charge in [0.15, 0.2) is 0 Å². The van der Waals surface area contributed by atoms with E-state index in [1.807, 2.05) is 6.92 Å². The lowest BCUT2D eigenvalue weighted by Crippen LogP contribution is -2.44. The maximum Gasteiger partial charge on any atom is 0.224 e. The fourth-order valence-corrected chi connectivity index (χ4v) is 2.97. The van der Waals surface area contributed by atoms with Crippen LogP contribution >= 0.6 is 23.4 Å². The van der Waals surface area contributed by atoms with Crippen LogP contribution in [0.5, 0.6) is 0 Å². The lowest BCUT2D eigenvalue weighted by molar-refractivity contribution is -0.130. The van der Waals surface area contributed by atoms with Crippen molar-refractivity contribution in [3.63, 3.8) is 0 Å². The summed E-state index contributed by atoms with van der Waals surface area (Å²) in [4.78, 5) is 22.1. The minimum absolute atomic E-state index is 0.0988. The van der Waals surface area contributed by atoms with Crippen LogP contribution in [0.25, 0.3) is 0 Å². The quantitative estimate of drug-likeness (QED) is 0.475. The molecule has 24 heavy (non-hydrogen) atoms. The van der Waals surface area contributed by atoms with Crippen LogP contribution in [0.2, 0.25) is 0 Å². The molecule has 0 saturated heterocycles. The number of aliphatic imine (C=N–C) groups is 1. The number of nitrogens with one attached hydrogen (secondary N) is 1. The maximum absolute atomic E-state index is 12.4. The first-order chi connectivity index (χ1) is 11.6. The van der Waals surface area contributed by atoms with Gasteiger partial charge in [-0.25, -0.2) is 0 Å². The molecule has 0 bridgehead atoms. The Bertz CT molecular complexity index is 544. The van der Waals surface area contributed by atoms with Gasteiger partial charge in [-0.05, 0) is 31.2 Å². The summed E-state index contributed by atoms with van der Waals surface area (Å²) in [5.74, 6) is 1.23. The molecule has 0 aliphatic rings. The van der Waals surface area contributed by atoms with E-state index in [4.69, 9.17) is 17.0 Å². The molecule has 8 heteroatoms. The zero-order valence-electron chi connectivity index (χ0n) is 13.6. The highest BCUT2D eigenvalue weighted by molar-refractivity contribution is 7.99. The van der Waals surface area contributed by atoms with E-state index in [1.165, 1.54) is 11.1 Å². The van der Waals surface area contributed by atoms with E-state index in [0.29, 0.717) is 36.6 Å². The number of alkyl halides is 1. The highest BCUT2D eigenvalue weighted by Gasteiger charge is 2.23. The Morgan fingerprint density at radius 3 is 2.96 bits per heavy atom. The third-order valence-corrected chi connectivity index (χ3v) is 4.44. The van der Waals surface area contributed by atoms with Gasteiger partial charge in [0, 0.05) is 31.1 Å². The highest BCUT2D eigenvalue weighted by Crippen LogP contribution is 2.12. The predicted molar refractivity (Wildman–Crippen MR) is 99.7 cm³/mol. The van der Waals surface area contributed by atoms with Gasteiger partial charge in [0.25, 0.3) is 0 Å². The van der Waals surface area contributed by atoms with Crippen LogP contribution < -0.4 is 0 Å². The first-order valence-electron chi connectivity index (χ1n) is 7.71. The average Bonchev–Trinajstić information content (AvgIpc) is 2.58. The molecule has 1 atom stereocenters. The summed E-state index contributed by atoms with van der Waals surface area (Å²) in [6.45, 7) is 1.92. The Balaban J connectivity index is 2.67. The van der Waals surface area contributed by atoms with Gasteiger partial charge in [-0.1, -0.05) is 11.6 Å². The van der Waals surface area contributed by atoms with E-state index in [2.05, 4.69) is 9.98 Å². The molecule has 0 aromatic carbocycles. The molecule has 1 N–H and O–H groups in total.